The monoisotopic (exact) mass is 372 g/mol. The van der Waals surface area contributed by atoms with Crippen LogP contribution in [0.25, 0.3) is 0 Å². The Bertz CT molecular complexity index is 747. The molecule has 0 aliphatic heterocycles. The average molecular weight is 373 g/mol. The molecule has 1 unspecified atom stereocenters. The zero-order chi connectivity index (χ0) is 17.0. The molecule has 0 fully saturated rings. The molecule has 0 aliphatic rings. The van der Waals surface area contributed by atoms with Gasteiger partial charge >= 0.3 is 0 Å². The molecule has 1 atom stereocenters. The van der Waals surface area contributed by atoms with Crippen molar-refractivity contribution in [2.45, 2.75) is 30.7 Å². The van der Waals surface area contributed by atoms with Gasteiger partial charge in [-0.05, 0) is 41.3 Å². The second kappa shape index (κ2) is 8.58. The fourth-order valence-corrected chi connectivity index (χ4v) is 3.20. The molecule has 132 valence electrons. The summed E-state index contributed by atoms with van der Waals surface area (Å²) in [6.07, 6.45) is 0. The first-order valence-corrected chi connectivity index (χ1v) is 8.88. The Morgan fingerprint density at radius 3 is 2.00 bits per heavy atom. The van der Waals surface area contributed by atoms with Crippen LogP contribution in [0.3, 0.4) is 0 Å². The molecule has 7 heteroatoms. The van der Waals surface area contributed by atoms with E-state index >= 15 is 0 Å². The summed E-state index contributed by atoms with van der Waals surface area (Å²) in [5.41, 5.74) is 8.10. The van der Waals surface area contributed by atoms with Crippen molar-refractivity contribution in [2.24, 2.45) is 5.73 Å². The number of hydrogen-bond donors (Lipinski definition) is 2. The van der Waals surface area contributed by atoms with Crippen molar-refractivity contribution in [2.75, 3.05) is 6.54 Å². The zero-order valence-corrected chi connectivity index (χ0v) is 15.2. The van der Waals surface area contributed by atoms with E-state index in [0.29, 0.717) is 5.92 Å². The number of benzene rings is 2. The van der Waals surface area contributed by atoms with Gasteiger partial charge in [-0.1, -0.05) is 38.1 Å². The molecule has 0 spiro atoms. The van der Waals surface area contributed by atoms with Gasteiger partial charge in [0.15, 0.2) is 0 Å². The Labute approximate surface area is 148 Å². The van der Waals surface area contributed by atoms with E-state index in [2.05, 4.69) is 18.6 Å². The molecule has 4 nitrogen and oxygen atoms in total. The lowest BCUT2D eigenvalue weighted by Gasteiger charge is -2.15. The van der Waals surface area contributed by atoms with E-state index in [4.69, 9.17) is 5.73 Å². The average Bonchev–Trinajstić information content (AvgIpc) is 2.53. The maximum absolute atomic E-state index is 12.9. The van der Waals surface area contributed by atoms with Crippen molar-refractivity contribution >= 4 is 22.4 Å². The predicted molar refractivity (Wildman–Crippen MR) is 96.3 cm³/mol. The van der Waals surface area contributed by atoms with Gasteiger partial charge in [0.1, 0.15) is 5.82 Å². The minimum Gasteiger partial charge on any atom is -0.323 e. The highest BCUT2D eigenvalue weighted by Gasteiger charge is 2.16. The molecule has 0 radical (unpaired) electrons. The number of nitrogens with two attached hydrogens (primary N) is 1. The highest BCUT2D eigenvalue weighted by atomic mass is 35.5. The van der Waals surface area contributed by atoms with E-state index in [1.165, 1.54) is 17.7 Å². The summed E-state index contributed by atoms with van der Waals surface area (Å²) >= 11 is 0. The van der Waals surface area contributed by atoms with E-state index in [9.17, 15) is 12.8 Å². The molecule has 0 aromatic heterocycles. The second-order valence-corrected chi connectivity index (χ2v) is 7.50. The van der Waals surface area contributed by atoms with Crippen LogP contribution in [0.15, 0.2) is 53.4 Å². The Morgan fingerprint density at radius 1 is 1.00 bits per heavy atom. The molecule has 2 aromatic rings. The van der Waals surface area contributed by atoms with Crippen LogP contribution in [0, 0.1) is 5.82 Å². The largest absolute Gasteiger partial charge is 0.323 e. The quantitative estimate of drug-likeness (QED) is 0.816. The molecule has 0 heterocycles. The van der Waals surface area contributed by atoms with Gasteiger partial charge in [0, 0.05) is 12.6 Å². The maximum Gasteiger partial charge on any atom is 0.240 e. The number of hydrogen-bond acceptors (Lipinski definition) is 3. The smallest absolute Gasteiger partial charge is 0.240 e. The van der Waals surface area contributed by atoms with E-state index in [1.54, 1.807) is 0 Å². The van der Waals surface area contributed by atoms with Crippen LogP contribution >= 0.6 is 12.4 Å². The molecule has 2 aromatic carbocycles. The SMILES string of the molecule is CC(C)c1ccc(C(N)CNS(=O)(=O)c2ccc(F)cc2)cc1.Cl. The van der Waals surface area contributed by atoms with Gasteiger partial charge in [0.05, 0.1) is 4.90 Å². The summed E-state index contributed by atoms with van der Waals surface area (Å²) in [6.45, 7) is 4.28. The Kier molecular flexibility index (Phi) is 7.35. The van der Waals surface area contributed by atoms with Crippen molar-refractivity contribution in [3.05, 3.63) is 65.5 Å². The van der Waals surface area contributed by atoms with Gasteiger partial charge < -0.3 is 5.73 Å². The van der Waals surface area contributed by atoms with Crippen molar-refractivity contribution in [3.63, 3.8) is 0 Å². The minimum absolute atomic E-state index is 0. The first-order chi connectivity index (χ1) is 10.8. The molecule has 0 amide bonds. The van der Waals surface area contributed by atoms with Gasteiger partial charge in [-0.2, -0.15) is 0 Å². The minimum atomic E-state index is -3.70. The third-order valence-corrected chi connectivity index (χ3v) is 5.09. The van der Waals surface area contributed by atoms with Gasteiger partial charge in [-0.25, -0.2) is 17.5 Å². The number of rotatable bonds is 6. The van der Waals surface area contributed by atoms with Crippen molar-refractivity contribution in [1.29, 1.82) is 0 Å². The number of sulfonamides is 1. The summed E-state index contributed by atoms with van der Waals surface area (Å²) in [6, 6.07) is 12.0. The lowest BCUT2D eigenvalue weighted by Crippen LogP contribution is -2.32. The van der Waals surface area contributed by atoms with Crippen LogP contribution in [0.1, 0.15) is 36.9 Å². The lowest BCUT2D eigenvalue weighted by molar-refractivity contribution is 0.571. The van der Waals surface area contributed by atoms with Crippen LogP contribution < -0.4 is 10.5 Å². The summed E-state index contributed by atoms with van der Waals surface area (Å²) in [7, 11) is -3.70. The third kappa shape index (κ3) is 5.27. The van der Waals surface area contributed by atoms with Crippen molar-refractivity contribution < 1.29 is 12.8 Å². The highest BCUT2D eigenvalue weighted by Crippen LogP contribution is 2.18. The highest BCUT2D eigenvalue weighted by molar-refractivity contribution is 7.89. The van der Waals surface area contributed by atoms with Crippen LogP contribution in [0.5, 0.6) is 0 Å². The van der Waals surface area contributed by atoms with Crippen LogP contribution in [0.4, 0.5) is 4.39 Å². The Hall–Kier alpha value is -1.47. The molecule has 2 rings (SSSR count). The molecule has 0 aliphatic carbocycles. The van der Waals surface area contributed by atoms with Gasteiger partial charge in [-0.15, -0.1) is 12.4 Å². The Balaban J connectivity index is 0.00000288. The second-order valence-electron chi connectivity index (χ2n) is 5.73. The number of nitrogens with one attached hydrogen (secondary N) is 1. The molecule has 0 saturated carbocycles. The molecular formula is C17H22ClFN2O2S. The topological polar surface area (TPSA) is 72.2 Å². The fourth-order valence-electron chi connectivity index (χ4n) is 2.14. The maximum atomic E-state index is 12.9. The van der Waals surface area contributed by atoms with E-state index in [0.717, 1.165) is 17.7 Å². The fraction of sp³-hybridized carbons (Fsp3) is 0.294. The third-order valence-electron chi connectivity index (χ3n) is 3.65. The lowest BCUT2D eigenvalue weighted by atomic mass is 9.99. The normalized spacial score (nSPS) is 12.7. The standard InChI is InChI=1S/C17H21FN2O2S.ClH/c1-12(2)13-3-5-14(6-4-13)17(19)11-20-23(21,22)16-9-7-15(18)8-10-16;/h3-10,12,17,20H,11,19H2,1-2H3;1H. The zero-order valence-electron chi connectivity index (χ0n) is 13.6. The molecular weight excluding hydrogens is 351 g/mol. The van der Waals surface area contributed by atoms with Crippen molar-refractivity contribution in [1.82, 2.24) is 4.72 Å². The van der Waals surface area contributed by atoms with Gasteiger partial charge in [0.2, 0.25) is 10.0 Å². The first kappa shape index (κ1) is 20.6. The predicted octanol–water partition coefficient (Wildman–Crippen LogP) is 3.35. The Morgan fingerprint density at radius 2 is 1.50 bits per heavy atom. The van der Waals surface area contributed by atoms with Gasteiger partial charge in [0.25, 0.3) is 0 Å². The molecule has 3 N–H and O–H groups in total. The summed E-state index contributed by atoms with van der Waals surface area (Å²) in [5, 5.41) is 0. The summed E-state index contributed by atoms with van der Waals surface area (Å²) in [4.78, 5) is 0.0151. The molecule has 24 heavy (non-hydrogen) atoms. The van der Waals surface area contributed by atoms with Crippen molar-refractivity contribution in [3.8, 4) is 0 Å². The van der Waals surface area contributed by atoms with Crippen LogP contribution in [-0.2, 0) is 10.0 Å². The first-order valence-electron chi connectivity index (χ1n) is 7.40. The molecule has 0 saturated heterocycles. The summed E-state index contributed by atoms with van der Waals surface area (Å²) < 4.78 is 39.6. The van der Waals surface area contributed by atoms with Gasteiger partial charge in [-0.3, -0.25) is 0 Å². The summed E-state index contributed by atoms with van der Waals surface area (Å²) in [5.74, 6) is -0.0526. The molecule has 0 bridgehead atoms. The van der Waals surface area contributed by atoms with Crippen LogP contribution in [-0.4, -0.2) is 15.0 Å². The van der Waals surface area contributed by atoms with Crippen LogP contribution in [0.2, 0.25) is 0 Å². The van der Waals surface area contributed by atoms with E-state index < -0.39 is 21.9 Å². The van der Waals surface area contributed by atoms with E-state index in [-0.39, 0.29) is 23.8 Å². The number of halogens is 2. The van der Waals surface area contributed by atoms with E-state index in [1.807, 2.05) is 24.3 Å².